The Kier molecular flexibility index (Phi) is 3.87. The Morgan fingerprint density at radius 3 is 2.68 bits per heavy atom. The van der Waals surface area contributed by atoms with E-state index < -0.39 is 0 Å². The molecule has 3 heterocycles. The molecule has 0 spiro atoms. The fourth-order valence-corrected chi connectivity index (χ4v) is 4.19. The molecule has 2 aliphatic rings. The molecular weight excluding hydrogens is 272 g/mol. The Balaban J connectivity index is 1.65. The fourth-order valence-electron chi connectivity index (χ4n) is 4.19. The number of imidazole rings is 1. The van der Waals surface area contributed by atoms with E-state index >= 15 is 0 Å². The van der Waals surface area contributed by atoms with Gasteiger partial charge >= 0.3 is 0 Å². The Bertz CT molecular complexity index is 634. The Morgan fingerprint density at radius 2 is 1.91 bits per heavy atom. The summed E-state index contributed by atoms with van der Waals surface area (Å²) in [7, 11) is 2.23. The van der Waals surface area contributed by atoms with Crippen molar-refractivity contribution in [3.63, 3.8) is 0 Å². The van der Waals surface area contributed by atoms with Crippen LogP contribution in [-0.2, 0) is 6.42 Å². The first-order valence-electron chi connectivity index (χ1n) is 8.81. The number of hydrogen-bond acceptors (Lipinski definition) is 3. The molecule has 2 aromatic heterocycles. The number of aromatic nitrogens is 3. The van der Waals surface area contributed by atoms with Crippen LogP contribution in [0.4, 0.5) is 0 Å². The van der Waals surface area contributed by atoms with Crippen molar-refractivity contribution in [1.29, 1.82) is 0 Å². The highest BCUT2D eigenvalue weighted by atomic mass is 15.2. The minimum absolute atomic E-state index is 0.626. The summed E-state index contributed by atoms with van der Waals surface area (Å²) >= 11 is 0. The van der Waals surface area contributed by atoms with Gasteiger partial charge in [0.15, 0.2) is 5.65 Å². The third-order valence-electron chi connectivity index (χ3n) is 5.52. The number of piperidine rings is 1. The molecule has 0 atom stereocenters. The average Bonchev–Trinajstić information content (AvgIpc) is 3.16. The lowest BCUT2D eigenvalue weighted by atomic mass is 9.93. The molecule has 0 bridgehead atoms. The van der Waals surface area contributed by atoms with Gasteiger partial charge in [0, 0.05) is 18.7 Å². The van der Waals surface area contributed by atoms with Gasteiger partial charge in [-0.25, -0.2) is 9.97 Å². The number of rotatable bonds is 3. The van der Waals surface area contributed by atoms with Crippen LogP contribution in [-0.4, -0.2) is 39.6 Å². The van der Waals surface area contributed by atoms with Crippen LogP contribution in [0, 0.1) is 5.92 Å². The fraction of sp³-hybridized carbons (Fsp3) is 0.667. The Labute approximate surface area is 132 Å². The first kappa shape index (κ1) is 14.2. The molecule has 2 fully saturated rings. The van der Waals surface area contributed by atoms with Crippen LogP contribution in [0.5, 0.6) is 0 Å². The van der Waals surface area contributed by atoms with Crippen LogP contribution in [0.3, 0.4) is 0 Å². The summed E-state index contributed by atoms with van der Waals surface area (Å²) in [6.07, 6.45) is 10.9. The van der Waals surface area contributed by atoms with E-state index in [-0.39, 0.29) is 0 Å². The second kappa shape index (κ2) is 5.99. The molecule has 4 nitrogen and oxygen atoms in total. The van der Waals surface area contributed by atoms with E-state index in [2.05, 4.69) is 27.6 Å². The number of pyridine rings is 1. The summed E-state index contributed by atoms with van der Waals surface area (Å²) in [4.78, 5) is 12.0. The van der Waals surface area contributed by atoms with Crippen molar-refractivity contribution < 1.29 is 0 Å². The lowest BCUT2D eigenvalue weighted by Crippen LogP contribution is -2.31. The van der Waals surface area contributed by atoms with Crippen LogP contribution in [0.1, 0.15) is 50.4 Å². The molecule has 0 aromatic carbocycles. The van der Waals surface area contributed by atoms with E-state index in [1.807, 2.05) is 12.3 Å². The zero-order valence-corrected chi connectivity index (χ0v) is 13.5. The molecule has 0 unspecified atom stereocenters. The molecule has 4 rings (SSSR count). The van der Waals surface area contributed by atoms with Gasteiger partial charge in [0.25, 0.3) is 0 Å². The SMILES string of the molecule is CN1CCC(Cc2nc3cccnc3n2C2CCCC2)CC1. The van der Waals surface area contributed by atoms with Gasteiger partial charge in [-0.1, -0.05) is 12.8 Å². The summed E-state index contributed by atoms with van der Waals surface area (Å²) < 4.78 is 2.49. The van der Waals surface area contributed by atoms with Crippen LogP contribution < -0.4 is 0 Å². The van der Waals surface area contributed by atoms with Crippen molar-refractivity contribution in [3.05, 3.63) is 24.2 Å². The molecule has 118 valence electrons. The topological polar surface area (TPSA) is 34.0 Å². The van der Waals surface area contributed by atoms with Crippen molar-refractivity contribution in [2.75, 3.05) is 20.1 Å². The molecule has 1 saturated carbocycles. The van der Waals surface area contributed by atoms with Gasteiger partial charge in [0.05, 0.1) is 0 Å². The number of likely N-dealkylation sites (tertiary alicyclic amines) is 1. The molecule has 0 amide bonds. The predicted octanol–water partition coefficient (Wildman–Crippen LogP) is 3.43. The lowest BCUT2D eigenvalue weighted by Gasteiger charge is -2.29. The summed E-state index contributed by atoms with van der Waals surface area (Å²) in [6.45, 7) is 2.46. The van der Waals surface area contributed by atoms with E-state index in [4.69, 9.17) is 4.98 Å². The second-order valence-corrected chi connectivity index (χ2v) is 7.13. The van der Waals surface area contributed by atoms with Gasteiger partial charge in [-0.05, 0) is 63.9 Å². The van der Waals surface area contributed by atoms with Crippen molar-refractivity contribution in [1.82, 2.24) is 19.4 Å². The lowest BCUT2D eigenvalue weighted by molar-refractivity contribution is 0.216. The van der Waals surface area contributed by atoms with E-state index in [0.717, 1.165) is 23.5 Å². The maximum atomic E-state index is 4.96. The van der Waals surface area contributed by atoms with Crippen molar-refractivity contribution in [3.8, 4) is 0 Å². The van der Waals surface area contributed by atoms with E-state index in [0.29, 0.717) is 6.04 Å². The van der Waals surface area contributed by atoms with Crippen LogP contribution in [0.15, 0.2) is 18.3 Å². The van der Waals surface area contributed by atoms with Crippen LogP contribution >= 0.6 is 0 Å². The Morgan fingerprint density at radius 1 is 1.14 bits per heavy atom. The van der Waals surface area contributed by atoms with Crippen LogP contribution in [0.2, 0.25) is 0 Å². The zero-order valence-electron chi connectivity index (χ0n) is 13.5. The summed E-state index contributed by atoms with van der Waals surface area (Å²) in [5.74, 6) is 2.07. The van der Waals surface area contributed by atoms with Crippen molar-refractivity contribution >= 4 is 11.2 Å². The summed E-state index contributed by atoms with van der Waals surface area (Å²) in [5.41, 5.74) is 2.19. The quantitative estimate of drug-likeness (QED) is 0.870. The highest BCUT2D eigenvalue weighted by Gasteiger charge is 2.25. The standard InChI is InChI=1S/C18H26N4/c1-21-11-8-14(9-12-21)13-17-20-16-7-4-10-19-18(16)22(17)15-5-2-3-6-15/h4,7,10,14-15H,2-3,5-6,8-9,11-13H2,1H3. The van der Waals surface area contributed by atoms with Gasteiger partial charge in [-0.3, -0.25) is 0 Å². The molecule has 1 aliphatic carbocycles. The van der Waals surface area contributed by atoms with Gasteiger partial charge in [0.1, 0.15) is 11.3 Å². The van der Waals surface area contributed by atoms with Crippen molar-refractivity contribution in [2.45, 2.75) is 51.0 Å². The zero-order chi connectivity index (χ0) is 14.9. The Hall–Kier alpha value is -1.42. The molecule has 0 radical (unpaired) electrons. The molecular formula is C18H26N4. The highest BCUT2D eigenvalue weighted by Crippen LogP contribution is 2.34. The van der Waals surface area contributed by atoms with Crippen molar-refractivity contribution in [2.24, 2.45) is 5.92 Å². The summed E-state index contributed by atoms with van der Waals surface area (Å²) in [5, 5.41) is 0. The van der Waals surface area contributed by atoms with E-state index in [1.165, 1.54) is 57.4 Å². The number of fused-ring (bicyclic) bond motifs is 1. The first-order valence-corrected chi connectivity index (χ1v) is 8.81. The predicted molar refractivity (Wildman–Crippen MR) is 89.0 cm³/mol. The minimum Gasteiger partial charge on any atom is -0.310 e. The van der Waals surface area contributed by atoms with Gasteiger partial charge in [-0.15, -0.1) is 0 Å². The normalized spacial score (nSPS) is 21.9. The van der Waals surface area contributed by atoms with E-state index in [1.54, 1.807) is 0 Å². The second-order valence-electron chi connectivity index (χ2n) is 7.13. The first-order chi connectivity index (χ1) is 10.8. The summed E-state index contributed by atoms with van der Waals surface area (Å²) in [6, 6.07) is 4.75. The van der Waals surface area contributed by atoms with Gasteiger partial charge in [-0.2, -0.15) is 0 Å². The molecule has 4 heteroatoms. The highest BCUT2D eigenvalue weighted by molar-refractivity contribution is 5.71. The number of hydrogen-bond donors (Lipinski definition) is 0. The monoisotopic (exact) mass is 298 g/mol. The van der Waals surface area contributed by atoms with Gasteiger partial charge < -0.3 is 9.47 Å². The number of nitrogens with zero attached hydrogens (tertiary/aromatic N) is 4. The van der Waals surface area contributed by atoms with E-state index in [9.17, 15) is 0 Å². The molecule has 2 aromatic rings. The molecule has 1 aliphatic heterocycles. The van der Waals surface area contributed by atoms with Crippen LogP contribution in [0.25, 0.3) is 11.2 Å². The molecule has 1 saturated heterocycles. The maximum absolute atomic E-state index is 4.96. The third-order valence-corrected chi connectivity index (χ3v) is 5.52. The van der Waals surface area contributed by atoms with Gasteiger partial charge in [0.2, 0.25) is 0 Å². The molecule has 0 N–H and O–H groups in total. The average molecular weight is 298 g/mol. The molecule has 22 heavy (non-hydrogen) atoms. The maximum Gasteiger partial charge on any atom is 0.160 e. The third kappa shape index (κ3) is 2.65. The largest absolute Gasteiger partial charge is 0.310 e. The smallest absolute Gasteiger partial charge is 0.160 e. The minimum atomic E-state index is 0.626.